The smallest absolute Gasteiger partial charge is 0.336 e. The number of nitrogens with zero attached hydrogens (tertiary/aromatic N) is 1. The van der Waals surface area contributed by atoms with E-state index in [0.717, 1.165) is 12.8 Å². The summed E-state index contributed by atoms with van der Waals surface area (Å²) in [5.41, 5.74) is 0.125. The van der Waals surface area contributed by atoms with Crippen molar-refractivity contribution in [2.45, 2.75) is 30.7 Å². The van der Waals surface area contributed by atoms with Crippen LogP contribution in [-0.2, 0) is 10.0 Å². The molecule has 0 atom stereocenters. The minimum Gasteiger partial charge on any atom is -0.478 e. The second kappa shape index (κ2) is 4.77. The largest absolute Gasteiger partial charge is 0.478 e. The number of carboxylic acids is 1. The summed E-state index contributed by atoms with van der Waals surface area (Å²) in [4.78, 5) is 11.1. The Kier molecular flexibility index (Phi) is 3.59. The number of hydrogen-bond donors (Lipinski definition) is 1. The van der Waals surface area contributed by atoms with Crippen LogP contribution in [-0.4, -0.2) is 36.9 Å². The van der Waals surface area contributed by atoms with Gasteiger partial charge in [0.25, 0.3) is 0 Å². The standard InChI is InChI=1S/C12H14ClNO4S/c1-7-10(12(15)16)5-8(13)6-11(7)19(17,18)14(2)9-3-4-9/h5-6,9H,3-4H2,1-2H3,(H,15,16). The van der Waals surface area contributed by atoms with Gasteiger partial charge in [-0.25, -0.2) is 13.2 Å². The van der Waals surface area contributed by atoms with Crippen LogP contribution in [0.25, 0.3) is 0 Å². The van der Waals surface area contributed by atoms with Crippen LogP contribution in [0.2, 0.25) is 5.02 Å². The average molecular weight is 304 g/mol. The van der Waals surface area contributed by atoms with Gasteiger partial charge in [0.15, 0.2) is 0 Å². The minimum absolute atomic E-state index is 0.0108. The Hall–Kier alpha value is -1.11. The molecule has 0 heterocycles. The van der Waals surface area contributed by atoms with E-state index in [-0.39, 0.29) is 27.1 Å². The predicted octanol–water partition coefficient (Wildman–Crippen LogP) is 2.13. The van der Waals surface area contributed by atoms with E-state index in [2.05, 4.69) is 0 Å². The number of rotatable bonds is 4. The van der Waals surface area contributed by atoms with Crippen LogP contribution >= 0.6 is 11.6 Å². The molecule has 1 aliphatic carbocycles. The number of carbonyl (C=O) groups is 1. The minimum atomic E-state index is -3.70. The van der Waals surface area contributed by atoms with Gasteiger partial charge in [0.1, 0.15) is 0 Å². The third-order valence-electron chi connectivity index (χ3n) is 3.27. The number of sulfonamides is 1. The summed E-state index contributed by atoms with van der Waals surface area (Å²) in [6.07, 6.45) is 1.67. The number of aromatic carboxylic acids is 1. The van der Waals surface area contributed by atoms with Gasteiger partial charge in [-0.05, 0) is 37.5 Å². The Bertz CT molecular complexity index is 637. The lowest BCUT2D eigenvalue weighted by Crippen LogP contribution is -2.29. The molecule has 1 aliphatic rings. The fraction of sp³-hybridized carbons (Fsp3) is 0.417. The summed E-state index contributed by atoms with van der Waals surface area (Å²) in [7, 11) is -2.19. The van der Waals surface area contributed by atoms with Crippen LogP contribution in [0, 0.1) is 6.92 Å². The van der Waals surface area contributed by atoms with Crippen LogP contribution in [0.4, 0.5) is 0 Å². The lowest BCUT2D eigenvalue weighted by atomic mass is 10.1. The molecule has 0 radical (unpaired) electrons. The molecular formula is C12H14ClNO4S. The van der Waals surface area contributed by atoms with Crippen LogP contribution in [0.5, 0.6) is 0 Å². The highest BCUT2D eigenvalue weighted by Gasteiger charge is 2.36. The first-order chi connectivity index (χ1) is 8.75. The van der Waals surface area contributed by atoms with E-state index in [1.165, 1.54) is 30.4 Å². The lowest BCUT2D eigenvalue weighted by Gasteiger charge is -2.19. The average Bonchev–Trinajstić information content (AvgIpc) is 3.14. The van der Waals surface area contributed by atoms with E-state index in [0.29, 0.717) is 0 Å². The van der Waals surface area contributed by atoms with Crippen LogP contribution in [0.3, 0.4) is 0 Å². The van der Waals surface area contributed by atoms with Gasteiger partial charge in [0.2, 0.25) is 10.0 Å². The van der Waals surface area contributed by atoms with E-state index in [1.54, 1.807) is 0 Å². The first kappa shape index (κ1) is 14.3. The molecule has 1 saturated carbocycles. The molecule has 1 fully saturated rings. The van der Waals surface area contributed by atoms with Crippen molar-refractivity contribution in [1.29, 1.82) is 0 Å². The van der Waals surface area contributed by atoms with E-state index < -0.39 is 16.0 Å². The maximum absolute atomic E-state index is 12.4. The zero-order chi connectivity index (χ0) is 14.4. The molecule has 2 rings (SSSR count). The van der Waals surface area contributed by atoms with Crippen molar-refractivity contribution in [2.75, 3.05) is 7.05 Å². The number of benzene rings is 1. The van der Waals surface area contributed by atoms with Gasteiger partial charge in [-0.1, -0.05) is 11.6 Å². The van der Waals surface area contributed by atoms with Crippen molar-refractivity contribution in [1.82, 2.24) is 4.31 Å². The Morgan fingerprint density at radius 1 is 1.42 bits per heavy atom. The normalized spacial score (nSPS) is 15.8. The molecule has 1 aromatic rings. The second-order valence-corrected chi connectivity index (χ2v) is 7.04. The summed E-state index contributed by atoms with van der Waals surface area (Å²) in [6, 6.07) is 2.57. The molecular weight excluding hydrogens is 290 g/mol. The summed E-state index contributed by atoms with van der Waals surface area (Å²) in [5, 5.41) is 9.18. The molecule has 1 N–H and O–H groups in total. The van der Waals surface area contributed by atoms with Gasteiger partial charge in [0, 0.05) is 18.1 Å². The van der Waals surface area contributed by atoms with Crippen LogP contribution in [0.15, 0.2) is 17.0 Å². The van der Waals surface area contributed by atoms with Crippen LogP contribution in [0.1, 0.15) is 28.8 Å². The summed E-state index contributed by atoms with van der Waals surface area (Å²) >= 11 is 5.83. The quantitative estimate of drug-likeness (QED) is 0.924. The zero-order valence-corrected chi connectivity index (χ0v) is 12.1. The third-order valence-corrected chi connectivity index (χ3v) is 5.53. The van der Waals surface area contributed by atoms with Crippen molar-refractivity contribution in [3.63, 3.8) is 0 Å². The van der Waals surface area contributed by atoms with Crippen molar-refractivity contribution in [3.8, 4) is 0 Å². The third kappa shape index (κ3) is 2.61. The molecule has 7 heteroatoms. The Morgan fingerprint density at radius 2 is 2.00 bits per heavy atom. The molecule has 0 saturated heterocycles. The monoisotopic (exact) mass is 303 g/mol. The van der Waals surface area contributed by atoms with Crippen molar-refractivity contribution < 1.29 is 18.3 Å². The maximum Gasteiger partial charge on any atom is 0.336 e. The van der Waals surface area contributed by atoms with Gasteiger partial charge in [-0.2, -0.15) is 4.31 Å². The first-order valence-electron chi connectivity index (χ1n) is 5.76. The Morgan fingerprint density at radius 3 is 2.47 bits per heavy atom. The number of carboxylic acid groups (broad SMARTS) is 1. The molecule has 0 aromatic heterocycles. The molecule has 1 aromatic carbocycles. The van der Waals surface area contributed by atoms with Gasteiger partial charge in [0.05, 0.1) is 10.5 Å². The second-order valence-electron chi connectivity index (χ2n) is 4.63. The Labute approximate surface area is 116 Å². The van der Waals surface area contributed by atoms with E-state index >= 15 is 0 Å². The van der Waals surface area contributed by atoms with Crippen LogP contribution < -0.4 is 0 Å². The molecule has 5 nitrogen and oxygen atoms in total. The molecule has 0 bridgehead atoms. The molecule has 0 amide bonds. The predicted molar refractivity (Wildman–Crippen MR) is 71.1 cm³/mol. The maximum atomic E-state index is 12.4. The van der Waals surface area contributed by atoms with Gasteiger partial charge in [-0.3, -0.25) is 0 Å². The molecule has 19 heavy (non-hydrogen) atoms. The molecule has 0 unspecified atom stereocenters. The highest BCUT2D eigenvalue weighted by Crippen LogP contribution is 2.33. The highest BCUT2D eigenvalue weighted by molar-refractivity contribution is 7.89. The number of halogens is 1. The summed E-state index contributed by atoms with van der Waals surface area (Å²) in [6.45, 7) is 1.48. The first-order valence-corrected chi connectivity index (χ1v) is 7.58. The van der Waals surface area contributed by atoms with Gasteiger partial charge in [-0.15, -0.1) is 0 Å². The number of hydrogen-bond acceptors (Lipinski definition) is 3. The van der Waals surface area contributed by atoms with Crippen molar-refractivity contribution in [2.24, 2.45) is 0 Å². The van der Waals surface area contributed by atoms with Gasteiger partial charge >= 0.3 is 5.97 Å². The van der Waals surface area contributed by atoms with E-state index in [4.69, 9.17) is 16.7 Å². The summed E-state index contributed by atoms with van der Waals surface area (Å²) in [5.74, 6) is -1.19. The van der Waals surface area contributed by atoms with E-state index in [1.807, 2.05) is 0 Å². The summed E-state index contributed by atoms with van der Waals surface area (Å²) < 4.78 is 26.2. The molecule has 0 spiro atoms. The van der Waals surface area contributed by atoms with Crippen molar-refractivity contribution >= 4 is 27.6 Å². The fourth-order valence-corrected chi connectivity index (χ4v) is 3.90. The SMILES string of the molecule is Cc1c(C(=O)O)cc(Cl)cc1S(=O)(=O)N(C)C1CC1. The topological polar surface area (TPSA) is 74.7 Å². The zero-order valence-electron chi connectivity index (χ0n) is 10.6. The van der Waals surface area contributed by atoms with E-state index in [9.17, 15) is 13.2 Å². The fourth-order valence-electron chi connectivity index (χ4n) is 1.93. The Balaban J connectivity index is 2.58. The lowest BCUT2D eigenvalue weighted by molar-refractivity contribution is 0.0696. The molecule has 0 aliphatic heterocycles. The van der Waals surface area contributed by atoms with Crippen molar-refractivity contribution in [3.05, 3.63) is 28.3 Å². The van der Waals surface area contributed by atoms with Gasteiger partial charge < -0.3 is 5.11 Å². The highest BCUT2D eigenvalue weighted by atomic mass is 35.5. The molecule has 104 valence electrons.